The van der Waals surface area contributed by atoms with Gasteiger partial charge in [0, 0.05) is 44.7 Å². The average molecular weight is 354 g/mol. The second kappa shape index (κ2) is 6.99. The van der Waals surface area contributed by atoms with Gasteiger partial charge in [-0.15, -0.1) is 0 Å². The van der Waals surface area contributed by atoms with Crippen LogP contribution in [0.3, 0.4) is 0 Å². The highest BCUT2D eigenvalue weighted by atomic mass is 16.5. The zero-order chi connectivity index (χ0) is 18.0. The van der Waals surface area contributed by atoms with E-state index in [-0.39, 0.29) is 23.7 Å². The smallest absolute Gasteiger partial charge is 0.274 e. The summed E-state index contributed by atoms with van der Waals surface area (Å²) in [7, 11) is 1.74. The molecule has 1 saturated carbocycles. The fraction of sp³-hybridized carbons (Fsp3) is 0.474. The topological polar surface area (TPSA) is 77.4 Å². The van der Waals surface area contributed by atoms with E-state index in [9.17, 15) is 4.79 Å². The summed E-state index contributed by atoms with van der Waals surface area (Å²) in [6, 6.07) is 5.59. The molecule has 0 radical (unpaired) electrons. The third-order valence-electron chi connectivity index (χ3n) is 5.51. The van der Waals surface area contributed by atoms with E-state index in [0.29, 0.717) is 18.1 Å². The maximum absolute atomic E-state index is 12.9. The Bertz CT molecular complexity index is 758. The Balaban J connectivity index is 1.54. The lowest BCUT2D eigenvalue weighted by molar-refractivity contribution is -0.0789. The summed E-state index contributed by atoms with van der Waals surface area (Å²) in [6.45, 7) is 0.657. The van der Waals surface area contributed by atoms with Gasteiger partial charge in [-0.25, -0.2) is 9.97 Å². The molecular weight excluding hydrogens is 332 g/mol. The van der Waals surface area contributed by atoms with E-state index in [1.807, 2.05) is 23.1 Å². The third kappa shape index (κ3) is 3.03. The van der Waals surface area contributed by atoms with Crippen LogP contribution in [0.4, 0.5) is 0 Å². The number of methoxy groups -OCH3 is 1. The normalized spacial score (nSPS) is 27.8. The van der Waals surface area contributed by atoms with E-state index >= 15 is 0 Å². The highest BCUT2D eigenvalue weighted by Crippen LogP contribution is 2.43. The molecular formula is C19H22N4O3. The minimum Gasteiger partial charge on any atom is -0.474 e. The van der Waals surface area contributed by atoms with Crippen molar-refractivity contribution < 1.29 is 14.3 Å². The Kier molecular flexibility index (Phi) is 4.55. The number of fused-ring (bicyclic) bond motifs is 1. The second-order valence-electron chi connectivity index (χ2n) is 6.81. The molecule has 0 N–H and O–H groups in total. The lowest BCUT2D eigenvalue weighted by Crippen LogP contribution is -2.53. The fourth-order valence-electron chi connectivity index (χ4n) is 4.16. The van der Waals surface area contributed by atoms with Crippen molar-refractivity contribution in [1.29, 1.82) is 0 Å². The third-order valence-corrected chi connectivity index (χ3v) is 5.51. The van der Waals surface area contributed by atoms with Crippen LogP contribution in [0.25, 0.3) is 0 Å². The van der Waals surface area contributed by atoms with Gasteiger partial charge in [0.15, 0.2) is 0 Å². The number of amides is 1. The van der Waals surface area contributed by atoms with E-state index in [1.54, 1.807) is 25.7 Å². The first-order valence-electron chi connectivity index (χ1n) is 8.92. The van der Waals surface area contributed by atoms with Crippen LogP contribution in [0.5, 0.6) is 5.88 Å². The van der Waals surface area contributed by atoms with Gasteiger partial charge in [0.05, 0.1) is 17.8 Å². The maximum Gasteiger partial charge on any atom is 0.274 e. The van der Waals surface area contributed by atoms with Crippen molar-refractivity contribution in [3.8, 4) is 5.88 Å². The Labute approximate surface area is 152 Å². The number of hydrogen-bond acceptors (Lipinski definition) is 6. The summed E-state index contributed by atoms with van der Waals surface area (Å²) in [6.07, 6.45) is 9.64. The Morgan fingerprint density at radius 3 is 2.88 bits per heavy atom. The van der Waals surface area contributed by atoms with Gasteiger partial charge in [0.25, 0.3) is 5.91 Å². The van der Waals surface area contributed by atoms with E-state index in [4.69, 9.17) is 9.47 Å². The van der Waals surface area contributed by atoms with Crippen LogP contribution in [0.15, 0.2) is 43.0 Å². The minimum absolute atomic E-state index is 0.00781. The number of aromatic nitrogens is 3. The van der Waals surface area contributed by atoms with Gasteiger partial charge in [-0.05, 0) is 25.3 Å². The van der Waals surface area contributed by atoms with Crippen LogP contribution in [0.1, 0.15) is 36.2 Å². The summed E-state index contributed by atoms with van der Waals surface area (Å²) in [4.78, 5) is 27.2. The lowest BCUT2D eigenvalue weighted by atomic mass is 9.79. The maximum atomic E-state index is 12.9. The van der Waals surface area contributed by atoms with Crippen molar-refractivity contribution in [1.82, 2.24) is 19.9 Å². The molecule has 3 atom stereocenters. The van der Waals surface area contributed by atoms with Crippen molar-refractivity contribution in [2.24, 2.45) is 0 Å². The Morgan fingerprint density at radius 2 is 2.15 bits per heavy atom. The molecule has 3 heterocycles. The van der Waals surface area contributed by atoms with Crippen molar-refractivity contribution in [2.45, 2.75) is 43.4 Å². The van der Waals surface area contributed by atoms with Gasteiger partial charge < -0.3 is 14.4 Å². The van der Waals surface area contributed by atoms with Gasteiger partial charge in [-0.1, -0.05) is 6.07 Å². The van der Waals surface area contributed by atoms with E-state index < -0.39 is 0 Å². The summed E-state index contributed by atoms with van der Waals surface area (Å²) in [5.74, 6) is 0.521. The number of hydrogen-bond donors (Lipinski definition) is 0. The molecule has 0 spiro atoms. The van der Waals surface area contributed by atoms with E-state index in [2.05, 4.69) is 15.0 Å². The molecule has 4 rings (SSSR count). The van der Waals surface area contributed by atoms with Gasteiger partial charge in [-0.3, -0.25) is 9.78 Å². The number of nitrogens with zero attached hydrogens (tertiary/aromatic N) is 4. The van der Waals surface area contributed by atoms with E-state index in [1.165, 1.54) is 6.20 Å². The molecule has 7 nitrogen and oxygen atoms in total. The van der Waals surface area contributed by atoms with E-state index in [0.717, 1.165) is 25.7 Å². The first-order valence-corrected chi connectivity index (χ1v) is 8.92. The summed E-state index contributed by atoms with van der Waals surface area (Å²) < 4.78 is 12.0. The van der Waals surface area contributed by atoms with Crippen LogP contribution in [0.2, 0.25) is 0 Å². The quantitative estimate of drug-likeness (QED) is 0.837. The zero-order valence-electron chi connectivity index (χ0n) is 14.7. The van der Waals surface area contributed by atoms with Crippen molar-refractivity contribution in [3.63, 3.8) is 0 Å². The van der Waals surface area contributed by atoms with Gasteiger partial charge in [0.2, 0.25) is 5.88 Å². The number of rotatable bonds is 4. The lowest BCUT2D eigenvalue weighted by Gasteiger charge is -2.43. The van der Waals surface area contributed by atoms with Gasteiger partial charge in [-0.2, -0.15) is 0 Å². The molecule has 1 saturated heterocycles. The molecule has 2 aromatic heterocycles. The number of carbonyl (C=O) groups is 1. The molecule has 0 aromatic carbocycles. The Morgan fingerprint density at radius 1 is 1.23 bits per heavy atom. The fourth-order valence-corrected chi connectivity index (χ4v) is 4.16. The first-order chi connectivity index (χ1) is 12.7. The molecule has 0 unspecified atom stereocenters. The van der Waals surface area contributed by atoms with Crippen LogP contribution < -0.4 is 4.74 Å². The molecule has 26 heavy (non-hydrogen) atoms. The van der Waals surface area contributed by atoms with Gasteiger partial charge in [0.1, 0.15) is 11.8 Å². The summed E-state index contributed by atoms with van der Waals surface area (Å²) >= 11 is 0. The molecule has 2 aliphatic rings. The second-order valence-corrected chi connectivity index (χ2v) is 6.81. The molecule has 7 heteroatoms. The monoisotopic (exact) mass is 354 g/mol. The minimum atomic E-state index is -0.304. The molecule has 1 aliphatic heterocycles. The summed E-state index contributed by atoms with van der Waals surface area (Å²) in [5.41, 5.74) is 0.0640. The predicted octanol–water partition coefficient (Wildman–Crippen LogP) is 2.10. The van der Waals surface area contributed by atoms with Crippen molar-refractivity contribution in [2.75, 3.05) is 13.7 Å². The molecule has 1 aliphatic carbocycles. The van der Waals surface area contributed by atoms with Crippen LogP contribution in [-0.4, -0.2) is 57.2 Å². The molecule has 136 valence electrons. The molecule has 0 bridgehead atoms. The average Bonchev–Trinajstić information content (AvgIpc) is 3.08. The zero-order valence-corrected chi connectivity index (χ0v) is 14.7. The summed E-state index contributed by atoms with van der Waals surface area (Å²) in [5, 5.41) is 0. The Hall–Kier alpha value is -2.54. The van der Waals surface area contributed by atoms with Gasteiger partial charge >= 0.3 is 0 Å². The SMILES string of the molecule is CO[C@@]12CC[C@H](Oc3ccccn3)C[C@@H]1N(C(=O)c1cnccn1)CC2. The number of carbonyl (C=O) groups excluding carboxylic acids is 1. The molecule has 2 fully saturated rings. The van der Waals surface area contributed by atoms with Crippen LogP contribution in [0, 0.1) is 0 Å². The van der Waals surface area contributed by atoms with Crippen LogP contribution >= 0.6 is 0 Å². The predicted molar refractivity (Wildman–Crippen MR) is 93.7 cm³/mol. The number of likely N-dealkylation sites (tertiary alicyclic amines) is 1. The highest BCUT2D eigenvalue weighted by Gasteiger charge is 2.53. The van der Waals surface area contributed by atoms with Crippen molar-refractivity contribution in [3.05, 3.63) is 48.7 Å². The number of ether oxygens (including phenoxy) is 2. The number of pyridine rings is 1. The molecule has 1 amide bonds. The van der Waals surface area contributed by atoms with Crippen molar-refractivity contribution >= 4 is 5.91 Å². The highest BCUT2D eigenvalue weighted by molar-refractivity contribution is 5.92. The standard InChI is InChI=1S/C19H22N4O3/c1-25-19-6-5-14(26-17-4-2-3-8-22-17)12-16(19)23(11-7-19)18(24)15-13-20-9-10-21-15/h2-4,8-10,13-14,16H,5-7,11-12H2,1H3/t14-,16-,19+/m0/s1. The first kappa shape index (κ1) is 16.9. The largest absolute Gasteiger partial charge is 0.474 e. The molecule has 2 aromatic rings. The van der Waals surface area contributed by atoms with Crippen LogP contribution in [-0.2, 0) is 4.74 Å².